The lowest BCUT2D eigenvalue weighted by Gasteiger charge is -2.20. The van der Waals surface area contributed by atoms with E-state index in [1.807, 2.05) is 20.8 Å². The van der Waals surface area contributed by atoms with Crippen molar-refractivity contribution in [2.75, 3.05) is 5.32 Å². The van der Waals surface area contributed by atoms with Crippen LogP contribution in [-0.4, -0.2) is 40.6 Å². The highest BCUT2D eigenvalue weighted by Crippen LogP contribution is 2.21. The number of sulfonamides is 1. The van der Waals surface area contributed by atoms with Gasteiger partial charge in [-0.05, 0) is 66.9 Å². The number of rotatable bonds is 8. The van der Waals surface area contributed by atoms with Crippen LogP contribution in [0.5, 0.6) is 0 Å². The summed E-state index contributed by atoms with van der Waals surface area (Å²) in [5.41, 5.74) is 1.25. The number of benzene rings is 2. The number of halogens is 1. The van der Waals surface area contributed by atoms with Gasteiger partial charge in [-0.15, -0.1) is 5.10 Å². The standard InChI is InChI=1S/C21H25FN6O3S/c1-13(2)11-20(25-32(30,31)17-8-5-14(3)6-9-17)21(29)23-19-12-16(7-10-18(19)22)28-15(4)24-26-27-28/h5-10,12-13,20,25H,11H2,1-4H3,(H,23,29). The number of carbonyl (C=O) groups excluding carboxylic acids is 1. The van der Waals surface area contributed by atoms with Crippen molar-refractivity contribution in [2.24, 2.45) is 5.92 Å². The zero-order valence-electron chi connectivity index (χ0n) is 18.2. The molecule has 0 saturated carbocycles. The van der Waals surface area contributed by atoms with Gasteiger partial charge in [0.1, 0.15) is 11.9 Å². The second kappa shape index (κ2) is 9.53. The van der Waals surface area contributed by atoms with Gasteiger partial charge >= 0.3 is 0 Å². The molecule has 0 aliphatic carbocycles. The molecule has 0 radical (unpaired) electrons. The van der Waals surface area contributed by atoms with Gasteiger partial charge in [-0.25, -0.2) is 12.8 Å². The first-order chi connectivity index (χ1) is 15.1. The molecular formula is C21H25FN6O3S. The summed E-state index contributed by atoms with van der Waals surface area (Å²) in [6.45, 7) is 7.25. The average molecular weight is 461 g/mol. The summed E-state index contributed by atoms with van der Waals surface area (Å²) in [5, 5.41) is 13.7. The van der Waals surface area contributed by atoms with Crippen LogP contribution in [0.3, 0.4) is 0 Å². The molecule has 0 saturated heterocycles. The number of aryl methyl sites for hydroxylation is 2. The molecule has 9 nitrogen and oxygen atoms in total. The van der Waals surface area contributed by atoms with Crippen LogP contribution in [0, 0.1) is 25.6 Å². The van der Waals surface area contributed by atoms with Crippen molar-refractivity contribution in [3.8, 4) is 5.69 Å². The van der Waals surface area contributed by atoms with Crippen LogP contribution in [-0.2, 0) is 14.8 Å². The van der Waals surface area contributed by atoms with Crippen molar-refractivity contribution in [1.29, 1.82) is 0 Å². The van der Waals surface area contributed by atoms with Gasteiger partial charge in [0.2, 0.25) is 15.9 Å². The van der Waals surface area contributed by atoms with Crippen molar-refractivity contribution in [3.63, 3.8) is 0 Å². The molecule has 32 heavy (non-hydrogen) atoms. The van der Waals surface area contributed by atoms with E-state index in [0.717, 1.165) is 5.56 Å². The maximum atomic E-state index is 14.4. The Kier molecular flexibility index (Phi) is 6.99. The Labute approximate surface area is 186 Å². The normalized spacial score (nSPS) is 12.7. The molecular weight excluding hydrogens is 435 g/mol. The highest BCUT2D eigenvalue weighted by molar-refractivity contribution is 7.89. The minimum Gasteiger partial charge on any atom is -0.322 e. The SMILES string of the molecule is Cc1ccc(S(=O)(=O)NC(CC(C)C)C(=O)Nc2cc(-n3nnnc3C)ccc2F)cc1. The van der Waals surface area contributed by atoms with Crippen LogP contribution in [0.25, 0.3) is 5.69 Å². The zero-order valence-corrected chi connectivity index (χ0v) is 19.0. The van der Waals surface area contributed by atoms with Gasteiger partial charge in [0.25, 0.3) is 0 Å². The lowest BCUT2D eigenvalue weighted by atomic mass is 10.0. The topological polar surface area (TPSA) is 119 Å². The lowest BCUT2D eigenvalue weighted by Crippen LogP contribution is -2.44. The van der Waals surface area contributed by atoms with Gasteiger partial charge < -0.3 is 5.32 Å². The monoisotopic (exact) mass is 460 g/mol. The van der Waals surface area contributed by atoms with E-state index in [0.29, 0.717) is 11.5 Å². The van der Waals surface area contributed by atoms with E-state index >= 15 is 0 Å². The number of carbonyl (C=O) groups is 1. The molecule has 3 rings (SSSR count). The number of hydrogen-bond acceptors (Lipinski definition) is 6. The molecule has 1 atom stereocenters. The Balaban J connectivity index is 1.85. The third-order valence-corrected chi connectivity index (χ3v) is 6.22. The lowest BCUT2D eigenvalue weighted by molar-refractivity contribution is -0.118. The summed E-state index contributed by atoms with van der Waals surface area (Å²) in [6, 6.07) is 9.23. The fourth-order valence-electron chi connectivity index (χ4n) is 3.08. The number of anilines is 1. The molecule has 2 aromatic carbocycles. The van der Waals surface area contributed by atoms with Gasteiger partial charge in [-0.3, -0.25) is 4.79 Å². The van der Waals surface area contributed by atoms with E-state index in [2.05, 4.69) is 25.6 Å². The van der Waals surface area contributed by atoms with Crippen LogP contribution in [0.4, 0.5) is 10.1 Å². The van der Waals surface area contributed by atoms with Crippen molar-refractivity contribution in [1.82, 2.24) is 24.9 Å². The van der Waals surface area contributed by atoms with Crippen molar-refractivity contribution in [2.45, 2.75) is 45.1 Å². The van der Waals surface area contributed by atoms with Gasteiger partial charge in [-0.1, -0.05) is 31.5 Å². The molecule has 1 amide bonds. The Morgan fingerprint density at radius 1 is 1.12 bits per heavy atom. The number of tetrazole rings is 1. The predicted molar refractivity (Wildman–Crippen MR) is 117 cm³/mol. The summed E-state index contributed by atoms with van der Waals surface area (Å²) in [5.74, 6) is -0.847. The smallest absolute Gasteiger partial charge is 0.242 e. The van der Waals surface area contributed by atoms with Crippen LogP contribution in [0.2, 0.25) is 0 Å². The minimum absolute atomic E-state index is 0.00604. The van der Waals surface area contributed by atoms with Crippen molar-refractivity contribution >= 4 is 21.6 Å². The van der Waals surface area contributed by atoms with E-state index in [1.165, 1.54) is 35.0 Å². The fourth-order valence-corrected chi connectivity index (χ4v) is 4.29. The van der Waals surface area contributed by atoms with E-state index in [4.69, 9.17) is 0 Å². The summed E-state index contributed by atoms with van der Waals surface area (Å²) in [6.07, 6.45) is 0.227. The molecule has 0 aliphatic heterocycles. The summed E-state index contributed by atoms with van der Waals surface area (Å²) in [4.78, 5) is 13.0. The van der Waals surface area contributed by atoms with Gasteiger partial charge in [0.15, 0.2) is 5.82 Å². The Hall–Kier alpha value is -3.18. The number of nitrogens with one attached hydrogen (secondary N) is 2. The van der Waals surface area contributed by atoms with Gasteiger partial charge in [0, 0.05) is 0 Å². The number of amides is 1. The van der Waals surface area contributed by atoms with Crippen LogP contribution >= 0.6 is 0 Å². The maximum absolute atomic E-state index is 14.4. The summed E-state index contributed by atoms with van der Waals surface area (Å²) in [7, 11) is -3.95. The number of hydrogen-bond donors (Lipinski definition) is 2. The first kappa shape index (κ1) is 23.5. The highest BCUT2D eigenvalue weighted by Gasteiger charge is 2.27. The van der Waals surface area contributed by atoms with Crippen molar-refractivity contribution in [3.05, 3.63) is 59.7 Å². The molecule has 0 spiro atoms. The Morgan fingerprint density at radius 3 is 2.41 bits per heavy atom. The molecule has 170 valence electrons. The first-order valence-corrected chi connectivity index (χ1v) is 11.5. The second-order valence-electron chi connectivity index (χ2n) is 7.91. The van der Waals surface area contributed by atoms with Gasteiger partial charge in [0.05, 0.1) is 16.3 Å². The number of nitrogens with zero attached hydrogens (tertiary/aromatic N) is 4. The van der Waals surface area contributed by atoms with E-state index in [9.17, 15) is 17.6 Å². The molecule has 2 N–H and O–H groups in total. The Morgan fingerprint density at radius 2 is 1.81 bits per heavy atom. The first-order valence-electron chi connectivity index (χ1n) is 10.0. The zero-order chi connectivity index (χ0) is 23.5. The molecule has 11 heteroatoms. The summed E-state index contributed by atoms with van der Waals surface area (Å²) < 4.78 is 43.9. The van der Waals surface area contributed by atoms with Crippen LogP contribution in [0.1, 0.15) is 31.7 Å². The molecule has 1 heterocycles. The van der Waals surface area contributed by atoms with Gasteiger partial charge in [-0.2, -0.15) is 9.40 Å². The van der Waals surface area contributed by atoms with Crippen molar-refractivity contribution < 1.29 is 17.6 Å². The Bertz CT molecular complexity index is 1210. The maximum Gasteiger partial charge on any atom is 0.242 e. The largest absolute Gasteiger partial charge is 0.322 e. The molecule has 1 aromatic heterocycles. The molecule has 0 bridgehead atoms. The average Bonchev–Trinajstić information content (AvgIpc) is 3.15. The minimum atomic E-state index is -3.95. The fraction of sp³-hybridized carbons (Fsp3) is 0.333. The van der Waals surface area contributed by atoms with Crippen LogP contribution < -0.4 is 10.0 Å². The number of aromatic nitrogens is 4. The second-order valence-corrected chi connectivity index (χ2v) is 9.62. The summed E-state index contributed by atoms with van der Waals surface area (Å²) >= 11 is 0. The quantitative estimate of drug-likeness (QED) is 0.534. The van der Waals surface area contributed by atoms with E-state index < -0.39 is 27.8 Å². The molecule has 3 aromatic rings. The molecule has 0 fully saturated rings. The van der Waals surface area contributed by atoms with Crippen LogP contribution in [0.15, 0.2) is 47.4 Å². The third-order valence-electron chi connectivity index (χ3n) is 4.73. The predicted octanol–water partition coefficient (Wildman–Crippen LogP) is 2.75. The molecule has 1 unspecified atom stereocenters. The highest BCUT2D eigenvalue weighted by atomic mass is 32.2. The van der Waals surface area contributed by atoms with E-state index in [1.54, 1.807) is 19.1 Å². The van der Waals surface area contributed by atoms with E-state index in [-0.39, 0.29) is 22.9 Å². The third kappa shape index (κ3) is 5.54. The molecule has 0 aliphatic rings.